The first-order valence-corrected chi connectivity index (χ1v) is 9.07. The minimum absolute atomic E-state index is 0. The van der Waals surface area contributed by atoms with Crippen molar-refractivity contribution in [1.29, 1.82) is 0 Å². The summed E-state index contributed by atoms with van der Waals surface area (Å²) in [6.45, 7) is 6.15. The Labute approximate surface area is 173 Å². The summed E-state index contributed by atoms with van der Waals surface area (Å²) in [6, 6.07) is 1.84. The van der Waals surface area contributed by atoms with E-state index in [0.29, 0.717) is 16.7 Å². The van der Waals surface area contributed by atoms with Gasteiger partial charge in [-0.1, -0.05) is 23.2 Å². The number of aryl methyl sites for hydroxylation is 1. The fourth-order valence-corrected chi connectivity index (χ4v) is 3.14. The van der Waals surface area contributed by atoms with Gasteiger partial charge in [0.05, 0.1) is 22.3 Å². The first-order valence-electron chi connectivity index (χ1n) is 7.44. The number of hydrogen-bond donors (Lipinski definition) is 2. The topological polar surface area (TPSA) is 54.2 Å². The van der Waals surface area contributed by atoms with Crippen molar-refractivity contribution < 1.29 is 0 Å². The average Bonchev–Trinajstić information content (AvgIpc) is 3.04. The molecule has 0 aliphatic heterocycles. The lowest BCUT2D eigenvalue weighted by atomic mass is 10.3. The fourth-order valence-electron chi connectivity index (χ4n) is 2.07. The van der Waals surface area contributed by atoms with Crippen LogP contribution in [-0.4, -0.2) is 28.6 Å². The van der Waals surface area contributed by atoms with Gasteiger partial charge in [-0.3, -0.25) is 0 Å². The minimum atomic E-state index is 0. The summed E-state index contributed by atoms with van der Waals surface area (Å²) in [4.78, 5) is 9.03. The summed E-state index contributed by atoms with van der Waals surface area (Å²) in [5.41, 5.74) is 2.07. The number of rotatable bonds is 6. The first-order chi connectivity index (χ1) is 11.0. The van der Waals surface area contributed by atoms with Gasteiger partial charge in [0.2, 0.25) is 0 Å². The molecule has 134 valence electrons. The molecule has 24 heavy (non-hydrogen) atoms. The van der Waals surface area contributed by atoms with Crippen LogP contribution in [0.25, 0.3) is 0 Å². The van der Waals surface area contributed by atoms with Gasteiger partial charge in [0.1, 0.15) is 5.15 Å². The number of aromatic nitrogens is 2. The van der Waals surface area contributed by atoms with Gasteiger partial charge in [0.25, 0.3) is 0 Å². The molecule has 5 nitrogen and oxygen atoms in total. The van der Waals surface area contributed by atoms with Gasteiger partial charge >= 0.3 is 0 Å². The SMILES string of the molecule is CCNC(=NCc1cc(Cl)c(Cl)n1C)NCCc1csc(C)n1.I. The van der Waals surface area contributed by atoms with Crippen molar-refractivity contribution in [3.05, 3.63) is 38.0 Å². The van der Waals surface area contributed by atoms with Crippen LogP contribution in [0.1, 0.15) is 23.3 Å². The third-order valence-electron chi connectivity index (χ3n) is 3.30. The van der Waals surface area contributed by atoms with Gasteiger partial charge in [-0.05, 0) is 19.9 Å². The number of nitrogens with one attached hydrogen (secondary N) is 2. The molecule has 2 rings (SSSR count). The standard InChI is InChI=1S/C15H21Cl2N5S.HI/c1-4-18-15(19-6-5-11-9-23-10(2)21-11)20-8-12-7-13(16)14(17)22(12)3;/h7,9H,4-6,8H2,1-3H3,(H2,18,19,20);1H. The highest BCUT2D eigenvalue weighted by atomic mass is 127. The van der Waals surface area contributed by atoms with Crippen molar-refractivity contribution in [3.8, 4) is 0 Å². The van der Waals surface area contributed by atoms with E-state index >= 15 is 0 Å². The zero-order chi connectivity index (χ0) is 16.8. The third kappa shape index (κ3) is 6.09. The number of halogens is 3. The highest BCUT2D eigenvalue weighted by Gasteiger charge is 2.08. The third-order valence-corrected chi connectivity index (χ3v) is 4.96. The van der Waals surface area contributed by atoms with E-state index in [0.717, 1.165) is 41.9 Å². The average molecular weight is 502 g/mol. The van der Waals surface area contributed by atoms with E-state index in [1.165, 1.54) is 0 Å². The fraction of sp³-hybridized carbons (Fsp3) is 0.467. The van der Waals surface area contributed by atoms with Crippen LogP contribution in [0.15, 0.2) is 16.4 Å². The van der Waals surface area contributed by atoms with Crippen LogP contribution in [0.4, 0.5) is 0 Å². The number of hydrogen-bond acceptors (Lipinski definition) is 3. The Morgan fingerprint density at radius 2 is 2.12 bits per heavy atom. The van der Waals surface area contributed by atoms with Gasteiger partial charge < -0.3 is 15.2 Å². The molecule has 0 atom stereocenters. The Morgan fingerprint density at radius 3 is 2.67 bits per heavy atom. The van der Waals surface area contributed by atoms with Crippen LogP contribution in [0.3, 0.4) is 0 Å². The van der Waals surface area contributed by atoms with Crippen LogP contribution < -0.4 is 10.6 Å². The molecule has 0 radical (unpaired) electrons. The molecule has 2 aromatic heterocycles. The second-order valence-electron chi connectivity index (χ2n) is 5.06. The molecule has 0 bridgehead atoms. The number of thiazole rings is 1. The number of nitrogens with zero attached hydrogens (tertiary/aromatic N) is 3. The Morgan fingerprint density at radius 1 is 1.38 bits per heavy atom. The summed E-state index contributed by atoms with van der Waals surface area (Å²) in [6.07, 6.45) is 0.872. The van der Waals surface area contributed by atoms with Gasteiger partial charge in [0.15, 0.2) is 5.96 Å². The van der Waals surface area contributed by atoms with Crippen molar-refractivity contribution in [2.75, 3.05) is 13.1 Å². The second-order valence-corrected chi connectivity index (χ2v) is 6.89. The quantitative estimate of drug-likeness (QED) is 0.357. The maximum atomic E-state index is 6.07. The number of aliphatic imine (C=N–C) groups is 1. The first kappa shape index (κ1) is 21.5. The van der Waals surface area contributed by atoms with Gasteiger partial charge in [-0.15, -0.1) is 35.3 Å². The normalized spacial score (nSPS) is 11.3. The molecular weight excluding hydrogens is 480 g/mol. The predicted octanol–water partition coefficient (Wildman–Crippen LogP) is 4.01. The molecule has 0 aromatic carbocycles. The van der Waals surface area contributed by atoms with Crippen molar-refractivity contribution in [2.24, 2.45) is 12.0 Å². The highest BCUT2D eigenvalue weighted by Crippen LogP contribution is 2.25. The van der Waals surface area contributed by atoms with Crippen molar-refractivity contribution in [1.82, 2.24) is 20.2 Å². The zero-order valence-electron chi connectivity index (χ0n) is 13.9. The van der Waals surface area contributed by atoms with Gasteiger partial charge in [-0.25, -0.2) is 9.98 Å². The zero-order valence-corrected chi connectivity index (χ0v) is 18.6. The number of guanidine groups is 1. The second kappa shape index (κ2) is 10.5. The van der Waals surface area contributed by atoms with E-state index in [4.69, 9.17) is 23.2 Å². The van der Waals surface area contributed by atoms with Crippen LogP contribution >= 0.6 is 58.5 Å². The van der Waals surface area contributed by atoms with E-state index in [1.807, 2.05) is 31.5 Å². The largest absolute Gasteiger partial charge is 0.357 e. The van der Waals surface area contributed by atoms with E-state index in [1.54, 1.807) is 11.3 Å². The Kier molecular flexibility index (Phi) is 9.40. The van der Waals surface area contributed by atoms with E-state index < -0.39 is 0 Å². The smallest absolute Gasteiger partial charge is 0.191 e. The summed E-state index contributed by atoms with van der Waals surface area (Å²) in [7, 11) is 1.88. The molecule has 0 fully saturated rings. The molecule has 0 aliphatic carbocycles. The molecule has 0 saturated carbocycles. The lowest BCUT2D eigenvalue weighted by Gasteiger charge is -2.11. The Bertz CT molecular complexity index is 683. The molecule has 0 unspecified atom stereocenters. The van der Waals surface area contributed by atoms with Crippen molar-refractivity contribution >= 4 is 64.5 Å². The lowest BCUT2D eigenvalue weighted by molar-refractivity contribution is 0.774. The van der Waals surface area contributed by atoms with Crippen LogP contribution in [0.5, 0.6) is 0 Å². The molecule has 2 N–H and O–H groups in total. The Balaban J connectivity index is 0.00000288. The molecule has 2 aromatic rings. The maximum absolute atomic E-state index is 6.07. The molecular formula is C15H22Cl2IN5S. The highest BCUT2D eigenvalue weighted by molar-refractivity contribution is 14.0. The van der Waals surface area contributed by atoms with Crippen molar-refractivity contribution in [2.45, 2.75) is 26.8 Å². The molecule has 0 amide bonds. The summed E-state index contributed by atoms with van der Waals surface area (Å²) >= 11 is 13.8. The van der Waals surface area contributed by atoms with Gasteiger partial charge in [-0.2, -0.15) is 0 Å². The van der Waals surface area contributed by atoms with E-state index in [-0.39, 0.29) is 24.0 Å². The van der Waals surface area contributed by atoms with Crippen LogP contribution in [0.2, 0.25) is 10.2 Å². The Hall–Kier alpha value is -0.510. The summed E-state index contributed by atoms with van der Waals surface area (Å²) in [5.74, 6) is 0.771. The van der Waals surface area contributed by atoms with E-state index in [2.05, 4.69) is 26.0 Å². The molecule has 0 spiro atoms. The summed E-state index contributed by atoms with van der Waals surface area (Å²) < 4.78 is 1.84. The molecule has 9 heteroatoms. The maximum Gasteiger partial charge on any atom is 0.191 e. The molecule has 2 heterocycles. The molecule has 0 aliphatic rings. The lowest BCUT2D eigenvalue weighted by Crippen LogP contribution is -2.38. The molecule has 0 saturated heterocycles. The van der Waals surface area contributed by atoms with Gasteiger partial charge in [0, 0.05) is 37.6 Å². The summed E-state index contributed by atoms with van der Waals surface area (Å²) in [5, 5.41) is 10.8. The minimum Gasteiger partial charge on any atom is -0.357 e. The predicted molar refractivity (Wildman–Crippen MR) is 114 cm³/mol. The van der Waals surface area contributed by atoms with Crippen molar-refractivity contribution in [3.63, 3.8) is 0 Å². The van der Waals surface area contributed by atoms with Crippen LogP contribution in [-0.2, 0) is 20.0 Å². The van der Waals surface area contributed by atoms with Crippen LogP contribution in [0, 0.1) is 6.92 Å². The van der Waals surface area contributed by atoms with E-state index in [9.17, 15) is 0 Å². The monoisotopic (exact) mass is 501 g/mol.